The molecule has 5 nitrogen and oxygen atoms in total. The predicted octanol–water partition coefficient (Wildman–Crippen LogP) is 7.62. The fraction of sp³-hybridized carbons (Fsp3) is 0.222. The van der Waals surface area contributed by atoms with Crippen LogP contribution in [-0.2, 0) is 0 Å². The van der Waals surface area contributed by atoms with Crippen molar-refractivity contribution in [3.63, 3.8) is 0 Å². The van der Waals surface area contributed by atoms with Crippen LogP contribution in [0.25, 0.3) is 11.3 Å². The highest BCUT2D eigenvalue weighted by atomic mass is 32.1. The van der Waals surface area contributed by atoms with Crippen LogP contribution in [0.1, 0.15) is 70.7 Å². The summed E-state index contributed by atoms with van der Waals surface area (Å²) in [6, 6.07) is 17.0. The summed E-state index contributed by atoms with van der Waals surface area (Å²) < 4.78 is 0. The maximum Gasteiger partial charge on any atom is 0.265 e. The zero-order chi connectivity index (χ0) is 24.2. The lowest BCUT2D eigenvalue weighted by molar-refractivity contribution is 0.102. The summed E-state index contributed by atoms with van der Waals surface area (Å²) in [7, 11) is 0. The fourth-order valence-electron chi connectivity index (χ4n) is 3.58. The first kappa shape index (κ1) is 23.9. The molecule has 4 rings (SSSR count). The molecule has 0 saturated carbocycles. The zero-order valence-electron chi connectivity index (χ0n) is 19.6. The normalized spacial score (nSPS) is 11.1. The average molecular weight is 490 g/mol. The van der Waals surface area contributed by atoms with Crippen molar-refractivity contribution in [3.05, 3.63) is 86.9 Å². The Bertz CT molecular complexity index is 1290. The van der Waals surface area contributed by atoms with Gasteiger partial charge in [0.25, 0.3) is 11.8 Å². The van der Waals surface area contributed by atoms with Crippen molar-refractivity contribution in [2.24, 2.45) is 0 Å². The highest BCUT2D eigenvalue weighted by Crippen LogP contribution is 2.34. The molecule has 174 valence electrons. The Balaban J connectivity index is 1.45. The van der Waals surface area contributed by atoms with E-state index < -0.39 is 0 Å². The fourth-order valence-corrected chi connectivity index (χ4v) is 4.91. The molecule has 0 aliphatic carbocycles. The number of hydrogen-bond acceptors (Lipinski definition) is 5. The molecule has 0 aliphatic heterocycles. The van der Waals surface area contributed by atoms with Gasteiger partial charge in [-0.05, 0) is 58.7 Å². The molecule has 2 aromatic carbocycles. The quantitative estimate of drug-likeness (QED) is 0.280. The van der Waals surface area contributed by atoms with Crippen LogP contribution in [0.3, 0.4) is 0 Å². The number of hydrogen-bond donors (Lipinski definition) is 2. The predicted molar refractivity (Wildman–Crippen MR) is 142 cm³/mol. The van der Waals surface area contributed by atoms with Gasteiger partial charge < -0.3 is 5.32 Å². The van der Waals surface area contributed by atoms with E-state index in [4.69, 9.17) is 0 Å². The van der Waals surface area contributed by atoms with Gasteiger partial charge in [0.15, 0.2) is 5.13 Å². The molecule has 0 aliphatic rings. The molecule has 2 amide bonds. The van der Waals surface area contributed by atoms with Crippen LogP contribution in [-0.4, -0.2) is 16.8 Å². The first-order chi connectivity index (χ1) is 16.3. The van der Waals surface area contributed by atoms with E-state index in [0.29, 0.717) is 33.1 Å². The number of rotatable bonds is 7. The van der Waals surface area contributed by atoms with Gasteiger partial charge >= 0.3 is 0 Å². The summed E-state index contributed by atoms with van der Waals surface area (Å²) >= 11 is 2.79. The molecule has 7 heteroatoms. The first-order valence-electron chi connectivity index (χ1n) is 11.2. The Hall–Kier alpha value is -3.29. The number of benzene rings is 2. The number of carbonyl (C=O) groups excluding carboxylic acids is 2. The molecule has 4 aromatic rings. The van der Waals surface area contributed by atoms with Crippen LogP contribution >= 0.6 is 22.7 Å². The summed E-state index contributed by atoms with van der Waals surface area (Å²) in [6.07, 6.45) is 0. The number of amides is 2. The second-order valence-corrected chi connectivity index (χ2v) is 10.5. The van der Waals surface area contributed by atoms with Gasteiger partial charge in [-0.1, -0.05) is 52.0 Å². The van der Waals surface area contributed by atoms with Crippen LogP contribution in [0.2, 0.25) is 0 Å². The summed E-state index contributed by atoms with van der Waals surface area (Å²) in [5.41, 5.74) is 5.67. The zero-order valence-corrected chi connectivity index (χ0v) is 21.2. The van der Waals surface area contributed by atoms with Crippen LogP contribution in [0.4, 0.5) is 10.8 Å². The van der Waals surface area contributed by atoms with E-state index in [0.717, 1.165) is 11.3 Å². The minimum absolute atomic E-state index is 0.162. The minimum atomic E-state index is -0.240. The molecule has 0 spiro atoms. The Labute approximate surface area is 207 Å². The largest absolute Gasteiger partial charge is 0.321 e. The molecule has 0 radical (unpaired) electrons. The number of aromatic nitrogens is 1. The van der Waals surface area contributed by atoms with Gasteiger partial charge in [-0.2, -0.15) is 0 Å². The van der Waals surface area contributed by atoms with Gasteiger partial charge in [0.2, 0.25) is 0 Å². The molecule has 0 fully saturated rings. The average Bonchev–Trinajstić information content (AvgIpc) is 3.51. The van der Waals surface area contributed by atoms with E-state index >= 15 is 0 Å². The van der Waals surface area contributed by atoms with E-state index in [9.17, 15) is 9.59 Å². The number of nitrogens with zero attached hydrogens (tertiary/aromatic N) is 1. The number of carbonyl (C=O) groups is 2. The van der Waals surface area contributed by atoms with Crippen molar-refractivity contribution < 1.29 is 9.59 Å². The molecule has 2 heterocycles. The van der Waals surface area contributed by atoms with E-state index in [-0.39, 0.29) is 11.8 Å². The lowest BCUT2D eigenvalue weighted by atomic mass is 9.90. The van der Waals surface area contributed by atoms with Gasteiger partial charge in [-0.15, -0.1) is 22.7 Å². The van der Waals surface area contributed by atoms with E-state index in [1.165, 1.54) is 33.8 Å². The number of thiophene rings is 1. The number of nitrogens with one attached hydrogen (secondary N) is 2. The third-order valence-corrected chi connectivity index (χ3v) is 7.14. The smallest absolute Gasteiger partial charge is 0.265 e. The van der Waals surface area contributed by atoms with Crippen molar-refractivity contribution in [2.75, 3.05) is 10.6 Å². The summed E-state index contributed by atoms with van der Waals surface area (Å²) in [6.45, 7) is 8.76. The van der Waals surface area contributed by atoms with Crippen LogP contribution in [0.15, 0.2) is 65.4 Å². The van der Waals surface area contributed by atoms with Crippen LogP contribution in [0.5, 0.6) is 0 Å². The Morgan fingerprint density at radius 1 is 0.853 bits per heavy atom. The maximum atomic E-state index is 12.7. The molecule has 2 N–H and O–H groups in total. The van der Waals surface area contributed by atoms with Gasteiger partial charge in [0.1, 0.15) is 0 Å². The van der Waals surface area contributed by atoms with Crippen molar-refractivity contribution in [2.45, 2.75) is 39.5 Å². The molecule has 34 heavy (non-hydrogen) atoms. The number of thiazole rings is 1. The van der Waals surface area contributed by atoms with Crippen molar-refractivity contribution in [1.29, 1.82) is 0 Å². The Morgan fingerprint density at radius 3 is 2.26 bits per heavy atom. The second kappa shape index (κ2) is 10.3. The lowest BCUT2D eigenvalue weighted by Crippen LogP contribution is -2.13. The van der Waals surface area contributed by atoms with Gasteiger partial charge in [0, 0.05) is 22.2 Å². The highest BCUT2D eigenvalue weighted by Gasteiger charge is 2.15. The molecule has 0 saturated heterocycles. The minimum Gasteiger partial charge on any atom is -0.321 e. The van der Waals surface area contributed by atoms with Gasteiger partial charge in [-0.3, -0.25) is 14.9 Å². The highest BCUT2D eigenvalue weighted by molar-refractivity contribution is 7.14. The van der Waals surface area contributed by atoms with Crippen molar-refractivity contribution in [1.82, 2.24) is 4.98 Å². The van der Waals surface area contributed by atoms with E-state index in [1.54, 1.807) is 30.3 Å². The molecule has 0 atom stereocenters. The standard InChI is InChI=1S/C27H27N3O2S2/c1-16(2)19-9-12-21(22(14-19)17(3)4)23-15-34-27(29-23)30-25(31)18-7-10-20(11-8-18)28-26(32)24-6-5-13-33-24/h5-17H,1-4H3,(H,28,32)(H,29,30,31). The van der Waals surface area contributed by atoms with E-state index in [2.05, 4.69) is 61.5 Å². The third-order valence-electron chi connectivity index (χ3n) is 5.51. The van der Waals surface area contributed by atoms with Crippen LogP contribution in [0, 0.1) is 0 Å². The van der Waals surface area contributed by atoms with Crippen molar-refractivity contribution >= 4 is 45.3 Å². The van der Waals surface area contributed by atoms with E-state index in [1.807, 2.05) is 16.8 Å². The Morgan fingerprint density at radius 2 is 1.62 bits per heavy atom. The van der Waals surface area contributed by atoms with Crippen LogP contribution < -0.4 is 10.6 Å². The summed E-state index contributed by atoms with van der Waals surface area (Å²) in [5, 5.41) is 10.1. The lowest BCUT2D eigenvalue weighted by Gasteiger charge is -2.15. The second-order valence-electron chi connectivity index (χ2n) is 8.66. The SMILES string of the molecule is CC(C)c1ccc(-c2csc(NC(=O)c3ccc(NC(=O)c4cccs4)cc3)n2)c(C(C)C)c1. The summed E-state index contributed by atoms with van der Waals surface area (Å²) in [4.78, 5) is 30.2. The molecule has 0 unspecified atom stereocenters. The van der Waals surface area contributed by atoms with Crippen molar-refractivity contribution in [3.8, 4) is 11.3 Å². The summed E-state index contributed by atoms with van der Waals surface area (Å²) in [5.74, 6) is 0.431. The molecular formula is C27H27N3O2S2. The maximum absolute atomic E-state index is 12.7. The number of anilines is 2. The van der Waals surface area contributed by atoms with Gasteiger partial charge in [-0.25, -0.2) is 4.98 Å². The topological polar surface area (TPSA) is 71.1 Å². The molecular weight excluding hydrogens is 462 g/mol. The molecule has 2 aromatic heterocycles. The third kappa shape index (κ3) is 5.43. The Kier molecular flexibility index (Phi) is 7.24. The molecule has 0 bridgehead atoms. The first-order valence-corrected chi connectivity index (χ1v) is 12.9. The monoisotopic (exact) mass is 489 g/mol. The van der Waals surface area contributed by atoms with Gasteiger partial charge in [0.05, 0.1) is 10.6 Å².